The number of hydrogen-bond donors (Lipinski definition) is 0. The molecule has 0 bridgehead atoms. The first-order chi connectivity index (χ1) is 7.56. The third-order valence-corrected chi connectivity index (χ3v) is 2.65. The lowest BCUT2D eigenvalue weighted by Crippen LogP contribution is -2.22. The van der Waals surface area contributed by atoms with Crippen LogP contribution in [0.3, 0.4) is 0 Å². The maximum absolute atomic E-state index is 5.92. The van der Waals surface area contributed by atoms with E-state index in [1.54, 1.807) is 7.11 Å². The molecule has 1 heterocycles. The molecule has 5 heteroatoms. The normalized spacial score (nSPS) is 12.3. The second-order valence-electron chi connectivity index (χ2n) is 3.82. The number of methoxy groups -OCH3 is 1. The van der Waals surface area contributed by atoms with Crippen LogP contribution in [0.1, 0.15) is 18.9 Å². The largest absolute Gasteiger partial charge is 0.481 e. The van der Waals surface area contributed by atoms with Gasteiger partial charge in [0.05, 0.1) is 12.7 Å². The number of hydrogen-bond acceptors (Lipinski definition) is 4. The summed E-state index contributed by atoms with van der Waals surface area (Å²) in [6.45, 7) is 4.81. The van der Waals surface area contributed by atoms with Crippen molar-refractivity contribution in [1.29, 1.82) is 0 Å². The van der Waals surface area contributed by atoms with Crippen LogP contribution in [0, 0.1) is 6.92 Å². The SMILES string of the molecule is COc1ncnc(N(C)CCC(C)Cl)c1C. The summed E-state index contributed by atoms with van der Waals surface area (Å²) in [5, 5.41) is 0.173. The Hall–Kier alpha value is -1.03. The number of rotatable bonds is 5. The average molecular weight is 244 g/mol. The number of anilines is 1. The van der Waals surface area contributed by atoms with E-state index in [0.717, 1.165) is 24.3 Å². The molecule has 0 aromatic carbocycles. The molecule has 0 fully saturated rings. The molecule has 1 aromatic rings. The second-order valence-corrected chi connectivity index (χ2v) is 4.57. The molecule has 0 amide bonds. The van der Waals surface area contributed by atoms with Gasteiger partial charge in [-0.3, -0.25) is 0 Å². The Bertz CT molecular complexity index is 344. The van der Waals surface area contributed by atoms with Crippen LogP contribution in [0.15, 0.2) is 6.33 Å². The molecule has 4 nitrogen and oxygen atoms in total. The molecule has 1 unspecified atom stereocenters. The van der Waals surface area contributed by atoms with E-state index in [1.807, 2.05) is 20.9 Å². The maximum atomic E-state index is 5.92. The van der Waals surface area contributed by atoms with Gasteiger partial charge in [-0.05, 0) is 20.3 Å². The van der Waals surface area contributed by atoms with Gasteiger partial charge in [0.1, 0.15) is 12.1 Å². The summed E-state index contributed by atoms with van der Waals surface area (Å²) in [5.74, 6) is 1.51. The number of ether oxygens (including phenoxy) is 1. The Morgan fingerprint density at radius 2 is 2.19 bits per heavy atom. The van der Waals surface area contributed by atoms with Gasteiger partial charge in [0.25, 0.3) is 0 Å². The number of halogens is 1. The smallest absolute Gasteiger partial charge is 0.221 e. The maximum Gasteiger partial charge on any atom is 0.221 e. The molecule has 1 aromatic heterocycles. The Kier molecular flexibility index (Phi) is 4.80. The average Bonchev–Trinajstić information content (AvgIpc) is 2.26. The molecular formula is C11H18ClN3O. The first kappa shape index (κ1) is 13.0. The summed E-state index contributed by atoms with van der Waals surface area (Å²) in [4.78, 5) is 10.4. The second kappa shape index (κ2) is 5.89. The Morgan fingerprint density at radius 3 is 2.75 bits per heavy atom. The summed E-state index contributed by atoms with van der Waals surface area (Å²) in [6.07, 6.45) is 2.44. The van der Waals surface area contributed by atoms with Gasteiger partial charge in [-0.15, -0.1) is 11.6 Å². The Morgan fingerprint density at radius 1 is 1.50 bits per heavy atom. The molecule has 0 radical (unpaired) electrons. The van der Waals surface area contributed by atoms with E-state index in [2.05, 4.69) is 14.9 Å². The summed E-state index contributed by atoms with van der Waals surface area (Å²) >= 11 is 5.92. The monoisotopic (exact) mass is 243 g/mol. The van der Waals surface area contributed by atoms with Crippen LogP contribution in [-0.2, 0) is 0 Å². The number of alkyl halides is 1. The molecule has 0 aliphatic rings. The highest BCUT2D eigenvalue weighted by atomic mass is 35.5. The van der Waals surface area contributed by atoms with E-state index < -0.39 is 0 Å². The standard InChI is InChI=1S/C11H18ClN3O/c1-8(12)5-6-15(3)10-9(2)11(16-4)14-7-13-10/h7-8H,5-6H2,1-4H3. The lowest BCUT2D eigenvalue weighted by Gasteiger charge is -2.21. The predicted molar refractivity (Wildman–Crippen MR) is 66.5 cm³/mol. The topological polar surface area (TPSA) is 38.3 Å². The quantitative estimate of drug-likeness (QED) is 0.744. The van der Waals surface area contributed by atoms with Gasteiger partial charge in [-0.2, -0.15) is 0 Å². The molecule has 0 spiro atoms. The zero-order chi connectivity index (χ0) is 12.1. The lowest BCUT2D eigenvalue weighted by molar-refractivity contribution is 0.393. The van der Waals surface area contributed by atoms with Crippen molar-refractivity contribution in [2.75, 3.05) is 25.6 Å². The zero-order valence-electron chi connectivity index (χ0n) is 10.2. The summed E-state index contributed by atoms with van der Waals surface area (Å²) in [5.41, 5.74) is 0.953. The molecule has 0 saturated heterocycles. The van der Waals surface area contributed by atoms with Crippen molar-refractivity contribution in [1.82, 2.24) is 9.97 Å². The van der Waals surface area contributed by atoms with Crippen molar-refractivity contribution in [3.05, 3.63) is 11.9 Å². The Labute approximate surface area is 102 Å². The van der Waals surface area contributed by atoms with Crippen molar-refractivity contribution in [2.45, 2.75) is 25.6 Å². The Balaban J connectivity index is 2.78. The van der Waals surface area contributed by atoms with Crippen molar-refractivity contribution < 1.29 is 4.74 Å². The highest BCUT2D eigenvalue weighted by Gasteiger charge is 2.11. The number of nitrogens with zero attached hydrogens (tertiary/aromatic N) is 3. The highest BCUT2D eigenvalue weighted by Crippen LogP contribution is 2.22. The van der Waals surface area contributed by atoms with E-state index in [1.165, 1.54) is 6.33 Å². The molecule has 1 atom stereocenters. The summed E-state index contributed by atoms with van der Waals surface area (Å²) < 4.78 is 5.16. The summed E-state index contributed by atoms with van der Waals surface area (Å²) in [6, 6.07) is 0. The molecule has 0 aliphatic heterocycles. The fourth-order valence-corrected chi connectivity index (χ4v) is 1.59. The van der Waals surface area contributed by atoms with Crippen molar-refractivity contribution in [3.8, 4) is 5.88 Å². The first-order valence-electron chi connectivity index (χ1n) is 5.27. The van der Waals surface area contributed by atoms with E-state index in [0.29, 0.717) is 5.88 Å². The van der Waals surface area contributed by atoms with Gasteiger partial charge in [0.2, 0.25) is 5.88 Å². The van der Waals surface area contributed by atoms with Crippen molar-refractivity contribution in [3.63, 3.8) is 0 Å². The van der Waals surface area contributed by atoms with Crippen LogP contribution in [0.25, 0.3) is 0 Å². The molecule has 0 aliphatic carbocycles. The van der Waals surface area contributed by atoms with Crippen LogP contribution >= 0.6 is 11.6 Å². The van der Waals surface area contributed by atoms with Gasteiger partial charge in [-0.25, -0.2) is 9.97 Å². The van der Waals surface area contributed by atoms with Gasteiger partial charge in [0.15, 0.2) is 0 Å². The van der Waals surface area contributed by atoms with E-state index >= 15 is 0 Å². The molecule has 0 N–H and O–H groups in total. The van der Waals surface area contributed by atoms with Crippen LogP contribution in [0.5, 0.6) is 5.88 Å². The minimum atomic E-state index is 0.173. The van der Waals surface area contributed by atoms with Crippen molar-refractivity contribution in [2.24, 2.45) is 0 Å². The van der Waals surface area contributed by atoms with Gasteiger partial charge < -0.3 is 9.64 Å². The van der Waals surface area contributed by atoms with Gasteiger partial charge in [0, 0.05) is 19.0 Å². The number of aromatic nitrogens is 2. The zero-order valence-corrected chi connectivity index (χ0v) is 11.0. The third kappa shape index (κ3) is 3.23. The van der Waals surface area contributed by atoms with Gasteiger partial charge >= 0.3 is 0 Å². The molecule has 1 rings (SSSR count). The molecule has 90 valence electrons. The van der Waals surface area contributed by atoms with Crippen LogP contribution < -0.4 is 9.64 Å². The molecular weight excluding hydrogens is 226 g/mol. The fraction of sp³-hybridized carbons (Fsp3) is 0.636. The first-order valence-corrected chi connectivity index (χ1v) is 5.70. The summed E-state index contributed by atoms with van der Waals surface area (Å²) in [7, 11) is 3.61. The van der Waals surface area contributed by atoms with Crippen LogP contribution in [0.4, 0.5) is 5.82 Å². The lowest BCUT2D eigenvalue weighted by atomic mass is 10.2. The van der Waals surface area contributed by atoms with Crippen LogP contribution in [-0.4, -0.2) is 36.0 Å². The van der Waals surface area contributed by atoms with Crippen LogP contribution in [0.2, 0.25) is 0 Å². The minimum Gasteiger partial charge on any atom is -0.481 e. The highest BCUT2D eigenvalue weighted by molar-refractivity contribution is 6.20. The van der Waals surface area contributed by atoms with Crippen molar-refractivity contribution >= 4 is 17.4 Å². The minimum absolute atomic E-state index is 0.173. The molecule has 16 heavy (non-hydrogen) atoms. The van der Waals surface area contributed by atoms with Gasteiger partial charge in [-0.1, -0.05) is 0 Å². The molecule has 0 saturated carbocycles. The van der Waals surface area contributed by atoms with E-state index in [4.69, 9.17) is 16.3 Å². The predicted octanol–water partition coefficient (Wildman–Crippen LogP) is 2.25. The fourth-order valence-electron chi connectivity index (χ4n) is 1.49. The van der Waals surface area contributed by atoms with E-state index in [-0.39, 0.29) is 5.38 Å². The van der Waals surface area contributed by atoms with E-state index in [9.17, 15) is 0 Å². The third-order valence-electron chi connectivity index (χ3n) is 2.43.